The number of nitrogens with zero attached hydrogens (tertiary/aromatic N) is 1. The SMILES string of the molecule is O=C(O)c1ccc(Br)c(S(=O)(=O)NCc2cscn2)c1. The van der Waals surface area contributed by atoms with Crippen LogP contribution in [-0.2, 0) is 16.6 Å². The van der Waals surface area contributed by atoms with E-state index in [4.69, 9.17) is 5.11 Å². The number of halogens is 1. The zero-order valence-corrected chi connectivity index (χ0v) is 13.1. The Morgan fingerprint density at radius 3 is 2.80 bits per heavy atom. The van der Waals surface area contributed by atoms with E-state index in [1.165, 1.54) is 23.5 Å². The van der Waals surface area contributed by atoms with Crippen LogP contribution in [-0.4, -0.2) is 24.5 Å². The zero-order valence-electron chi connectivity index (χ0n) is 9.91. The third-order valence-electron chi connectivity index (χ3n) is 2.39. The van der Waals surface area contributed by atoms with Crippen LogP contribution in [0.15, 0.2) is 38.5 Å². The van der Waals surface area contributed by atoms with Gasteiger partial charge in [0.1, 0.15) is 0 Å². The molecule has 1 aromatic heterocycles. The van der Waals surface area contributed by atoms with Crippen LogP contribution >= 0.6 is 27.3 Å². The van der Waals surface area contributed by atoms with E-state index in [2.05, 4.69) is 25.6 Å². The Bertz CT molecular complexity index is 729. The number of aromatic carboxylic acids is 1. The van der Waals surface area contributed by atoms with Gasteiger partial charge in [-0.2, -0.15) is 0 Å². The summed E-state index contributed by atoms with van der Waals surface area (Å²) in [5.74, 6) is -1.19. The minimum absolute atomic E-state index is 0.0512. The average Bonchev–Trinajstić information content (AvgIpc) is 2.89. The summed E-state index contributed by atoms with van der Waals surface area (Å²) in [7, 11) is -3.82. The van der Waals surface area contributed by atoms with Crippen LogP contribution in [0.25, 0.3) is 0 Å². The van der Waals surface area contributed by atoms with Crippen molar-refractivity contribution < 1.29 is 18.3 Å². The van der Waals surface area contributed by atoms with Crippen molar-refractivity contribution in [3.8, 4) is 0 Å². The molecular formula is C11H9BrN2O4S2. The highest BCUT2D eigenvalue weighted by atomic mass is 79.9. The predicted octanol–water partition coefficient (Wildman–Crippen LogP) is 2.08. The summed E-state index contributed by atoms with van der Waals surface area (Å²) in [6.07, 6.45) is 0. The Morgan fingerprint density at radius 2 is 2.20 bits per heavy atom. The van der Waals surface area contributed by atoms with Gasteiger partial charge >= 0.3 is 5.97 Å². The zero-order chi connectivity index (χ0) is 14.8. The fraction of sp³-hybridized carbons (Fsp3) is 0.0909. The topological polar surface area (TPSA) is 96.4 Å². The van der Waals surface area contributed by atoms with Gasteiger partial charge in [-0.3, -0.25) is 0 Å². The highest BCUT2D eigenvalue weighted by Gasteiger charge is 2.19. The second-order valence-corrected chi connectivity index (χ2v) is 7.06. The van der Waals surface area contributed by atoms with Crippen molar-refractivity contribution in [3.63, 3.8) is 0 Å². The molecule has 0 amide bonds. The van der Waals surface area contributed by atoms with E-state index in [0.29, 0.717) is 10.2 Å². The first-order valence-electron chi connectivity index (χ1n) is 5.30. The van der Waals surface area contributed by atoms with Gasteiger partial charge in [-0.1, -0.05) is 0 Å². The molecule has 0 bridgehead atoms. The van der Waals surface area contributed by atoms with Crippen LogP contribution in [0.5, 0.6) is 0 Å². The van der Waals surface area contributed by atoms with Crippen molar-refractivity contribution in [1.29, 1.82) is 0 Å². The molecule has 0 atom stereocenters. The first kappa shape index (κ1) is 15.1. The largest absolute Gasteiger partial charge is 0.478 e. The Labute approximate surface area is 127 Å². The van der Waals surface area contributed by atoms with Gasteiger partial charge in [-0.05, 0) is 34.1 Å². The first-order valence-corrected chi connectivity index (χ1v) is 8.51. The van der Waals surface area contributed by atoms with Gasteiger partial charge in [-0.15, -0.1) is 11.3 Å². The van der Waals surface area contributed by atoms with Gasteiger partial charge < -0.3 is 5.11 Å². The molecule has 0 unspecified atom stereocenters. The predicted molar refractivity (Wildman–Crippen MR) is 77.2 cm³/mol. The highest BCUT2D eigenvalue weighted by molar-refractivity contribution is 9.10. The Morgan fingerprint density at radius 1 is 1.45 bits per heavy atom. The van der Waals surface area contributed by atoms with E-state index in [1.807, 2.05) is 0 Å². The minimum Gasteiger partial charge on any atom is -0.478 e. The molecule has 2 aromatic rings. The number of carboxylic acids is 1. The van der Waals surface area contributed by atoms with Gasteiger partial charge in [0.25, 0.3) is 0 Å². The van der Waals surface area contributed by atoms with E-state index in [1.54, 1.807) is 10.9 Å². The van der Waals surface area contributed by atoms with Gasteiger partial charge in [0.05, 0.1) is 28.2 Å². The average molecular weight is 377 g/mol. The van der Waals surface area contributed by atoms with Crippen molar-refractivity contribution in [2.75, 3.05) is 0 Å². The smallest absolute Gasteiger partial charge is 0.335 e. The minimum atomic E-state index is -3.82. The number of nitrogens with one attached hydrogen (secondary N) is 1. The molecule has 0 saturated heterocycles. The Balaban J connectivity index is 2.28. The third-order valence-corrected chi connectivity index (χ3v) is 5.42. The molecule has 0 radical (unpaired) electrons. The number of thiazole rings is 1. The molecule has 2 rings (SSSR count). The maximum absolute atomic E-state index is 12.2. The van der Waals surface area contributed by atoms with Gasteiger partial charge in [0.2, 0.25) is 10.0 Å². The second-order valence-electron chi connectivity index (χ2n) is 3.75. The molecule has 0 fully saturated rings. The van der Waals surface area contributed by atoms with Crippen LogP contribution in [0.3, 0.4) is 0 Å². The fourth-order valence-corrected chi connectivity index (χ4v) is 3.96. The van der Waals surface area contributed by atoms with Crippen molar-refractivity contribution in [2.24, 2.45) is 0 Å². The maximum atomic E-state index is 12.2. The molecule has 106 valence electrons. The van der Waals surface area contributed by atoms with Gasteiger partial charge in [0.15, 0.2) is 0 Å². The summed E-state index contributed by atoms with van der Waals surface area (Å²) in [6.45, 7) is 0.0512. The van der Waals surface area contributed by atoms with Crippen molar-refractivity contribution in [1.82, 2.24) is 9.71 Å². The normalized spacial score (nSPS) is 11.4. The van der Waals surface area contributed by atoms with Gasteiger partial charge in [-0.25, -0.2) is 22.9 Å². The molecule has 20 heavy (non-hydrogen) atoms. The lowest BCUT2D eigenvalue weighted by Crippen LogP contribution is -2.24. The Kier molecular flexibility index (Phi) is 4.53. The summed E-state index contributed by atoms with van der Waals surface area (Å²) in [6, 6.07) is 3.82. The lowest BCUT2D eigenvalue weighted by atomic mass is 10.2. The monoisotopic (exact) mass is 376 g/mol. The number of hydrogen-bond acceptors (Lipinski definition) is 5. The van der Waals surface area contributed by atoms with E-state index in [0.717, 1.165) is 6.07 Å². The summed E-state index contributed by atoms with van der Waals surface area (Å²) in [5, 5.41) is 10.6. The summed E-state index contributed by atoms with van der Waals surface area (Å²) < 4.78 is 27.0. The standard InChI is InChI=1S/C11H9BrN2O4S2/c12-9-2-1-7(11(15)16)3-10(9)20(17,18)14-4-8-5-19-6-13-8/h1-3,5-6,14H,4H2,(H,15,16). The van der Waals surface area contributed by atoms with Crippen LogP contribution in [0, 0.1) is 0 Å². The first-order chi connectivity index (χ1) is 9.40. The molecular weight excluding hydrogens is 368 g/mol. The highest BCUT2D eigenvalue weighted by Crippen LogP contribution is 2.23. The van der Waals surface area contributed by atoms with Crippen molar-refractivity contribution >= 4 is 43.3 Å². The molecule has 0 aliphatic heterocycles. The number of rotatable bonds is 5. The third kappa shape index (κ3) is 3.42. The molecule has 0 spiro atoms. The van der Waals surface area contributed by atoms with E-state index in [-0.39, 0.29) is 17.0 Å². The summed E-state index contributed by atoms with van der Waals surface area (Å²) in [5.41, 5.74) is 2.11. The van der Waals surface area contributed by atoms with E-state index in [9.17, 15) is 13.2 Å². The molecule has 2 N–H and O–H groups in total. The maximum Gasteiger partial charge on any atom is 0.335 e. The van der Waals surface area contributed by atoms with E-state index < -0.39 is 16.0 Å². The molecule has 1 aromatic carbocycles. The summed E-state index contributed by atoms with van der Waals surface area (Å²) >= 11 is 4.47. The van der Waals surface area contributed by atoms with Crippen LogP contribution in [0.2, 0.25) is 0 Å². The number of carboxylic acid groups (broad SMARTS) is 1. The number of hydrogen-bond donors (Lipinski definition) is 2. The lowest BCUT2D eigenvalue weighted by molar-refractivity contribution is 0.0696. The molecule has 0 saturated carbocycles. The van der Waals surface area contributed by atoms with Crippen LogP contribution in [0.1, 0.15) is 16.1 Å². The molecule has 0 aliphatic carbocycles. The van der Waals surface area contributed by atoms with Crippen molar-refractivity contribution in [3.05, 3.63) is 44.8 Å². The number of carbonyl (C=O) groups is 1. The van der Waals surface area contributed by atoms with Crippen LogP contribution < -0.4 is 4.72 Å². The number of sulfonamides is 1. The Hall–Kier alpha value is -1.29. The quantitative estimate of drug-likeness (QED) is 0.832. The number of aromatic nitrogens is 1. The fourth-order valence-electron chi connectivity index (χ4n) is 1.41. The van der Waals surface area contributed by atoms with Crippen molar-refractivity contribution in [2.45, 2.75) is 11.4 Å². The molecule has 6 nitrogen and oxygen atoms in total. The lowest BCUT2D eigenvalue weighted by Gasteiger charge is -2.08. The van der Waals surface area contributed by atoms with Gasteiger partial charge in [0, 0.05) is 9.85 Å². The molecule has 9 heteroatoms. The van der Waals surface area contributed by atoms with E-state index >= 15 is 0 Å². The molecule has 1 heterocycles. The summed E-state index contributed by atoms with van der Waals surface area (Å²) in [4.78, 5) is 14.7. The molecule has 0 aliphatic rings. The number of benzene rings is 1. The van der Waals surface area contributed by atoms with Crippen LogP contribution in [0.4, 0.5) is 0 Å². The second kappa shape index (κ2) is 6.00.